The Kier molecular flexibility index (Phi) is 5.90. The molecular weight excluding hydrogens is 314 g/mol. The van der Waals surface area contributed by atoms with Gasteiger partial charge in [0.2, 0.25) is 5.75 Å². The van der Waals surface area contributed by atoms with Crippen molar-refractivity contribution in [2.75, 3.05) is 48.6 Å². The summed E-state index contributed by atoms with van der Waals surface area (Å²) < 4.78 is 26.8. The highest BCUT2D eigenvalue weighted by atomic mass is 16.7. The van der Waals surface area contributed by atoms with E-state index in [0.29, 0.717) is 48.7 Å². The van der Waals surface area contributed by atoms with Crippen molar-refractivity contribution < 1.29 is 28.5 Å². The number of likely N-dealkylation sites (tertiary alicyclic amines) is 1. The molecule has 0 bridgehead atoms. The van der Waals surface area contributed by atoms with E-state index in [-0.39, 0.29) is 5.91 Å². The number of amides is 1. The first-order valence-electron chi connectivity index (χ1n) is 7.73. The molecular formula is C17H25NO6. The van der Waals surface area contributed by atoms with Gasteiger partial charge in [-0.1, -0.05) is 0 Å². The summed E-state index contributed by atoms with van der Waals surface area (Å²) in [7, 11) is 7.83. The van der Waals surface area contributed by atoms with Crippen molar-refractivity contribution in [2.45, 2.75) is 18.6 Å². The summed E-state index contributed by atoms with van der Waals surface area (Å²) in [6, 6.07) is 3.33. The summed E-state index contributed by atoms with van der Waals surface area (Å²) in [6.45, 7) is 1.11. The fraction of sp³-hybridized carbons (Fsp3) is 0.588. The van der Waals surface area contributed by atoms with Gasteiger partial charge in [-0.05, 0) is 12.1 Å². The van der Waals surface area contributed by atoms with Crippen LogP contribution in [0, 0.1) is 0 Å². The lowest BCUT2D eigenvalue weighted by Crippen LogP contribution is -2.48. The average Bonchev–Trinajstić information content (AvgIpc) is 2.66. The Hall–Kier alpha value is -1.99. The normalized spacial score (nSPS) is 16.6. The Bertz CT molecular complexity index is 549. The van der Waals surface area contributed by atoms with E-state index < -0.39 is 5.79 Å². The minimum absolute atomic E-state index is 0.0879. The van der Waals surface area contributed by atoms with Crippen LogP contribution in [0.4, 0.5) is 0 Å². The largest absolute Gasteiger partial charge is 0.493 e. The zero-order chi connectivity index (χ0) is 17.7. The number of ether oxygens (including phenoxy) is 5. The third kappa shape index (κ3) is 3.42. The van der Waals surface area contributed by atoms with Crippen LogP contribution in [0.2, 0.25) is 0 Å². The Morgan fingerprint density at radius 3 is 1.79 bits per heavy atom. The van der Waals surface area contributed by atoms with Gasteiger partial charge >= 0.3 is 0 Å². The van der Waals surface area contributed by atoms with Crippen molar-refractivity contribution in [2.24, 2.45) is 0 Å². The molecule has 1 aliphatic rings. The molecule has 0 radical (unpaired) electrons. The molecule has 1 saturated heterocycles. The second-order valence-electron chi connectivity index (χ2n) is 5.53. The molecule has 7 nitrogen and oxygen atoms in total. The molecule has 0 aromatic heterocycles. The van der Waals surface area contributed by atoms with E-state index in [9.17, 15) is 4.79 Å². The number of nitrogens with zero attached hydrogens (tertiary/aromatic N) is 1. The topological polar surface area (TPSA) is 66.5 Å². The molecule has 0 spiro atoms. The van der Waals surface area contributed by atoms with E-state index in [2.05, 4.69) is 0 Å². The maximum atomic E-state index is 12.8. The quantitative estimate of drug-likeness (QED) is 0.738. The zero-order valence-corrected chi connectivity index (χ0v) is 14.9. The highest BCUT2D eigenvalue weighted by Crippen LogP contribution is 2.38. The van der Waals surface area contributed by atoms with Crippen LogP contribution in [0.25, 0.3) is 0 Å². The monoisotopic (exact) mass is 339 g/mol. The number of carbonyl (C=O) groups is 1. The van der Waals surface area contributed by atoms with Gasteiger partial charge in [0.05, 0.1) is 21.3 Å². The molecule has 1 aromatic rings. The van der Waals surface area contributed by atoms with Crippen molar-refractivity contribution in [3.8, 4) is 17.2 Å². The Morgan fingerprint density at radius 2 is 1.42 bits per heavy atom. The lowest BCUT2D eigenvalue weighted by molar-refractivity contribution is -0.226. The predicted molar refractivity (Wildman–Crippen MR) is 88.0 cm³/mol. The van der Waals surface area contributed by atoms with Crippen LogP contribution in [0.5, 0.6) is 17.2 Å². The fourth-order valence-electron chi connectivity index (χ4n) is 2.93. The van der Waals surface area contributed by atoms with Crippen LogP contribution in [0.1, 0.15) is 23.2 Å². The van der Waals surface area contributed by atoms with E-state index in [4.69, 9.17) is 23.7 Å². The fourth-order valence-corrected chi connectivity index (χ4v) is 2.93. The first kappa shape index (κ1) is 18.4. The first-order chi connectivity index (χ1) is 11.5. The second-order valence-corrected chi connectivity index (χ2v) is 5.53. The van der Waals surface area contributed by atoms with Crippen LogP contribution < -0.4 is 14.2 Å². The number of piperidine rings is 1. The van der Waals surface area contributed by atoms with Gasteiger partial charge in [-0.25, -0.2) is 0 Å². The highest BCUT2D eigenvalue weighted by molar-refractivity contribution is 5.95. The summed E-state index contributed by atoms with van der Waals surface area (Å²) in [5.74, 6) is 0.690. The van der Waals surface area contributed by atoms with Crippen LogP contribution >= 0.6 is 0 Å². The molecule has 134 valence electrons. The Morgan fingerprint density at radius 1 is 0.917 bits per heavy atom. The summed E-state index contributed by atoms with van der Waals surface area (Å²) >= 11 is 0. The summed E-state index contributed by atoms with van der Waals surface area (Å²) in [6.07, 6.45) is 1.24. The van der Waals surface area contributed by atoms with E-state index in [1.54, 1.807) is 31.3 Å². The van der Waals surface area contributed by atoms with Crippen molar-refractivity contribution in [3.63, 3.8) is 0 Å². The zero-order valence-electron chi connectivity index (χ0n) is 14.9. The van der Waals surface area contributed by atoms with Gasteiger partial charge < -0.3 is 28.6 Å². The van der Waals surface area contributed by atoms with Crippen molar-refractivity contribution in [1.29, 1.82) is 0 Å². The molecule has 7 heteroatoms. The van der Waals surface area contributed by atoms with Gasteiger partial charge in [0.1, 0.15) is 0 Å². The summed E-state index contributed by atoms with van der Waals surface area (Å²) in [5.41, 5.74) is 0.492. The number of hydrogen-bond donors (Lipinski definition) is 0. The molecule has 0 saturated carbocycles. The van der Waals surface area contributed by atoms with E-state index in [1.165, 1.54) is 21.3 Å². The lowest BCUT2D eigenvalue weighted by atomic mass is 10.0. The van der Waals surface area contributed by atoms with Crippen molar-refractivity contribution in [1.82, 2.24) is 4.90 Å². The van der Waals surface area contributed by atoms with Gasteiger partial charge in [-0.2, -0.15) is 0 Å². The maximum Gasteiger partial charge on any atom is 0.254 e. The molecule has 0 N–H and O–H groups in total. The van der Waals surface area contributed by atoms with Crippen LogP contribution in [-0.2, 0) is 9.47 Å². The average molecular weight is 339 g/mol. The van der Waals surface area contributed by atoms with E-state index >= 15 is 0 Å². The number of methoxy groups -OCH3 is 5. The van der Waals surface area contributed by atoms with E-state index in [0.717, 1.165) is 0 Å². The van der Waals surface area contributed by atoms with Crippen LogP contribution in [-0.4, -0.2) is 65.2 Å². The van der Waals surface area contributed by atoms with Crippen LogP contribution in [0.15, 0.2) is 12.1 Å². The Labute approximate surface area is 142 Å². The lowest BCUT2D eigenvalue weighted by Gasteiger charge is -2.39. The molecule has 1 aromatic carbocycles. The molecule has 1 aliphatic heterocycles. The van der Waals surface area contributed by atoms with Gasteiger partial charge in [0, 0.05) is 45.7 Å². The van der Waals surface area contributed by atoms with E-state index in [1.807, 2.05) is 0 Å². The minimum Gasteiger partial charge on any atom is -0.493 e. The van der Waals surface area contributed by atoms with Crippen molar-refractivity contribution in [3.05, 3.63) is 17.7 Å². The molecule has 0 unspecified atom stereocenters. The molecule has 0 aliphatic carbocycles. The Balaban J connectivity index is 2.22. The van der Waals surface area contributed by atoms with Gasteiger partial charge in [0.25, 0.3) is 5.91 Å². The predicted octanol–water partition coefficient (Wildman–Crippen LogP) is 1.94. The molecule has 0 atom stereocenters. The third-order valence-electron chi connectivity index (χ3n) is 4.47. The molecule has 1 heterocycles. The third-order valence-corrected chi connectivity index (χ3v) is 4.47. The van der Waals surface area contributed by atoms with Gasteiger partial charge in [-0.3, -0.25) is 4.79 Å². The summed E-state index contributed by atoms with van der Waals surface area (Å²) in [5, 5.41) is 0. The first-order valence-corrected chi connectivity index (χ1v) is 7.73. The summed E-state index contributed by atoms with van der Waals surface area (Å²) in [4.78, 5) is 14.6. The molecule has 2 rings (SSSR count). The van der Waals surface area contributed by atoms with Crippen molar-refractivity contribution >= 4 is 5.91 Å². The minimum atomic E-state index is -0.605. The number of benzene rings is 1. The van der Waals surface area contributed by atoms with Gasteiger partial charge in [-0.15, -0.1) is 0 Å². The second kappa shape index (κ2) is 7.72. The number of carbonyl (C=O) groups excluding carboxylic acids is 1. The molecule has 1 amide bonds. The number of rotatable bonds is 6. The highest BCUT2D eigenvalue weighted by Gasteiger charge is 2.36. The van der Waals surface area contributed by atoms with Crippen LogP contribution in [0.3, 0.4) is 0 Å². The standard InChI is InChI=1S/C17H25NO6/c1-20-13-10-12(11-14(21-2)15(13)22-3)16(19)18-8-6-17(23-4,24-5)7-9-18/h10-11H,6-9H2,1-5H3. The smallest absolute Gasteiger partial charge is 0.254 e. The SMILES string of the molecule is COc1cc(C(=O)N2CCC(OC)(OC)CC2)cc(OC)c1OC. The molecule has 1 fully saturated rings. The van der Waals surface area contributed by atoms with Gasteiger partial charge in [0.15, 0.2) is 17.3 Å². The molecule has 24 heavy (non-hydrogen) atoms. The maximum absolute atomic E-state index is 12.8. The number of hydrogen-bond acceptors (Lipinski definition) is 6.